The number of benzene rings is 2. The SMILES string of the molecule is COc1ccc(/C=C/C(=O)Nc2cccc(C)c2)cc1S(=O)(=O)N1CCOCC1. The highest BCUT2D eigenvalue weighted by atomic mass is 32.2. The van der Waals surface area contributed by atoms with Crippen LogP contribution in [0.3, 0.4) is 0 Å². The molecule has 1 amide bonds. The third kappa shape index (κ3) is 5.23. The van der Waals surface area contributed by atoms with Gasteiger partial charge in [-0.1, -0.05) is 18.2 Å². The number of nitrogens with one attached hydrogen (secondary N) is 1. The van der Waals surface area contributed by atoms with Gasteiger partial charge in [0.05, 0.1) is 20.3 Å². The minimum Gasteiger partial charge on any atom is -0.495 e. The van der Waals surface area contributed by atoms with Gasteiger partial charge < -0.3 is 14.8 Å². The summed E-state index contributed by atoms with van der Waals surface area (Å²) in [5, 5.41) is 2.78. The molecule has 0 atom stereocenters. The van der Waals surface area contributed by atoms with Crippen molar-refractivity contribution in [3.8, 4) is 5.75 Å². The van der Waals surface area contributed by atoms with Crippen LogP contribution in [0.25, 0.3) is 6.08 Å². The predicted molar refractivity (Wildman–Crippen MR) is 111 cm³/mol. The lowest BCUT2D eigenvalue weighted by atomic mass is 10.2. The maximum Gasteiger partial charge on any atom is 0.248 e. The molecular weight excluding hydrogens is 392 g/mol. The molecule has 2 aromatic carbocycles. The van der Waals surface area contributed by atoms with Crippen LogP contribution in [0.15, 0.2) is 53.4 Å². The summed E-state index contributed by atoms with van der Waals surface area (Å²) in [5.41, 5.74) is 2.32. The Kier molecular flexibility index (Phi) is 6.68. The average Bonchev–Trinajstić information content (AvgIpc) is 2.72. The number of amides is 1. The number of nitrogens with zero attached hydrogens (tertiary/aromatic N) is 1. The Balaban J connectivity index is 1.80. The van der Waals surface area contributed by atoms with Crippen LogP contribution >= 0.6 is 0 Å². The summed E-state index contributed by atoms with van der Waals surface area (Å²) in [6, 6.07) is 12.3. The van der Waals surface area contributed by atoms with Crippen molar-refractivity contribution in [2.45, 2.75) is 11.8 Å². The van der Waals surface area contributed by atoms with Gasteiger partial charge in [0.1, 0.15) is 10.6 Å². The molecule has 0 saturated carbocycles. The lowest BCUT2D eigenvalue weighted by Crippen LogP contribution is -2.40. The summed E-state index contributed by atoms with van der Waals surface area (Å²) < 4.78 is 37.9. The van der Waals surface area contributed by atoms with Crippen molar-refractivity contribution in [1.29, 1.82) is 0 Å². The van der Waals surface area contributed by atoms with Gasteiger partial charge in [-0.2, -0.15) is 4.31 Å². The quantitative estimate of drug-likeness (QED) is 0.732. The van der Waals surface area contributed by atoms with Crippen molar-refractivity contribution < 1.29 is 22.7 Å². The van der Waals surface area contributed by atoms with Gasteiger partial charge in [0.2, 0.25) is 15.9 Å². The number of carbonyl (C=O) groups excluding carboxylic acids is 1. The second-order valence-corrected chi connectivity index (χ2v) is 8.53. The molecule has 0 radical (unpaired) electrons. The highest BCUT2D eigenvalue weighted by Gasteiger charge is 2.29. The highest BCUT2D eigenvalue weighted by molar-refractivity contribution is 7.89. The molecule has 1 aliphatic rings. The molecular formula is C21H24N2O5S. The van der Waals surface area contributed by atoms with Crippen molar-refractivity contribution in [3.05, 3.63) is 59.7 Å². The second kappa shape index (κ2) is 9.21. The molecule has 29 heavy (non-hydrogen) atoms. The minimum atomic E-state index is -3.73. The van der Waals surface area contributed by atoms with Gasteiger partial charge in [-0.25, -0.2) is 8.42 Å². The monoisotopic (exact) mass is 416 g/mol. The van der Waals surface area contributed by atoms with Crippen molar-refractivity contribution >= 4 is 27.7 Å². The number of aryl methyl sites for hydroxylation is 1. The number of rotatable bonds is 6. The van der Waals surface area contributed by atoms with Crippen molar-refractivity contribution in [3.63, 3.8) is 0 Å². The molecule has 1 heterocycles. The molecule has 3 rings (SSSR count). The molecule has 0 aliphatic carbocycles. The Morgan fingerprint density at radius 1 is 1.17 bits per heavy atom. The van der Waals surface area contributed by atoms with Crippen LogP contribution in [0.4, 0.5) is 5.69 Å². The summed E-state index contributed by atoms with van der Waals surface area (Å²) in [6.07, 6.45) is 2.94. The number of anilines is 1. The van der Waals surface area contributed by atoms with E-state index in [2.05, 4.69) is 5.32 Å². The third-order valence-corrected chi connectivity index (χ3v) is 6.41. The summed E-state index contributed by atoms with van der Waals surface area (Å²) in [5.74, 6) is -0.0399. The fraction of sp³-hybridized carbons (Fsp3) is 0.286. The highest BCUT2D eigenvalue weighted by Crippen LogP contribution is 2.28. The average molecular weight is 416 g/mol. The number of methoxy groups -OCH3 is 1. The molecule has 2 aromatic rings. The van der Waals surface area contributed by atoms with E-state index in [-0.39, 0.29) is 16.6 Å². The lowest BCUT2D eigenvalue weighted by molar-refractivity contribution is -0.111. The van der Waals surface area contributed by atoms with Crippen molar-refractivity contribution in [1.82, 2.24) is 4.31 Å². The smallest absolute Gasteiger partial charge is 0.248 e. The van der Waals surface area contributed by atoms with Crippen molar-refractivity contribution in [2.24, 2.45) is 0 Å². The Morgan fingerprint density at radius 2 is 1.93 bits per heavy atom. The van der Waals surface area contributed by atoms with Crippen LogP contribution in [0.5, 0.6) is 5.75 Å². The fourth-order valence-corrected chi connectivity index (χ4v) is 4.60. The van der Waals surface area contributed by atoms with Gasteiger partial charge in [-0.15, -0.1) is 0 Å². The summed E-state index contributed by atoms with van der Waals surface area (Å²) >= 11 is 0. The molecule has 1 N–H and O–H groups in total. The van der Waals surface area contributed by atoms with Gasteiger partial charge in [0.15, 0.2) is 0 Å². The van der Waals surface area contributed by atoms with Gasteiger partial charge in [-0.05, 0) is 48.4 Å². The molecule has 1 fully saturated rings. The molecule has 1 aliphatic heterocycles. The predicted octanol–water partition coefficient (Wildman–Crippen LogP) is 2.68. The minimum absolute atomic E-state index is 0.0724. The van der Waals surface area contributed by atoms with Gasteiger partial charge in [-0.3, -0.25) is 4.79 Å². The van der Waals surface area contributed by atoms with Crippen LogP contribution in [-0.4, -0.2) is 52.0 Å². The Labute approximate surface area is 171 Å². The number of sulfonamides is 1. The molecule has 0 unspecified atom stereocenters. The van der Waals surface area contributed by atoms with E-state index in [1.165, 1.54) is 23.6 Å². The number of morpholine rings is 1. The maximum atomic E-state index is 13.0. The van der Waals surface area contributed by atoms with E-state index in [1.807, 2.05) is 25.1 Å². The number of carbonyl (C=O) groups is 1. The van der Waals surface area contributed by atoms with Gasteiger partial charge in [0, 0.05) is 24.9 Å². The molecule has 7 nitrogen and oxygen atoms in total. The molecule has 0 spiro atoms. The summed E-state index contributed by atoms with van der Waals surface area (Å²) in [7, 11) is -2.30. The van der Waals surface area contributed by atoms with E-state index in [4.69, 9.17) is 9.47 Å². The van der Waals surface area contributed by atoms with Crippen LogP contribution in [0, 0.1) is 6.92 Å². The van der Waals surface area contributed by atoms with E-state index >= 15 is 0 Å². The molecule has 1 saturated heterocycles. The number of ether oxygens (including phenoxy) is 2. The van der Waals surface area contributed by atoms with E-state index < -0.39 is 10.0 Å². The zero-order chi connectivity index (χ0) is 20.9. The van der Waals surface area contributed by atoms with E-state index in [1.54, 1.807) is 24.3 Å². The molecule has 8 heteroatoms. The Morgan fingerprint density at radius 3 is 2.62 bits per heavy atom. The summed E-state index contributed by atoms with van der Waals surface area (Å²) in [4.78, 5) is 12.3. The van der Waals surface area contributed by atoms with Crippen LogP contribution in [0.2, 0.25) is 0 Å². The first-order chi connectivity index (χ1) is 13.9. The van der Waals surface area contributed by atoms with Gasteiger partial charge in [0.25, 0.3) is 0 Å². The largest absolute Gasteiger partial charge is 0.495 e. The van der Waals surface area contributed by atoms with E-state index in [9.17, 15) is 13.2 Å². The zero-order valence-corrected chi connectivity index (χ0v) is 17.2. The van der Waals surface area contributed by atoms with Crippen LogP contribution < -0.4 is 10.1 Å². The van der Waals surface area contributed by atoms with Crippen LogP contribution in [-0.2, 0) is 19.6 Å². The third-order valence-electron chi connectivity index (χ3n) is 4.49. The molecule has 0 bridgehead atoms. The summed E-state index contributed by atoms with van der Waals surface area (Å²) in [6.45, 7) is 3.26. The zero-order valence-electron chi connectivity index (χ0n) is 16.4. The van der Waals surface area contributed by atoms with Gasteiger partial charge >= 0.3 is 0 Å². The first kappa shape index (κ1) is 21.0. The van der Waals surface area contributed by atoms with Crippen LogP contribution in [0.1, 0.15) is 11.1 Å². The molecule has 154 valence electrons. The Hall–Kier alpha value is -2.68. The maximum absolute atomic E-state index is 13.0. The standard InChI is InChI=1S/C21H24N2O5S/c1-16-4-3-5-18(14-16)22-21(24)9-7-17-6-8-19(27-2)20(15-17)29(25,26)23-10-12-28-13-11-23/h3-9,14-15H,10-13H2,1-2H3,(H,22,24)/b9-7+. The number of hydrogen-bond donors (Lipinski definition) is 1. The first-order valence-corrected chi connectivity index (χ1v) is 10.7. The Bertz CT molecular complexity index is 1010. The van der Waals surface area contributed by atoms with Crippen molar-refractivity contribution in [2.75, 3.05) is 38.7 Å². The van der Waals surface area contributed by atoms with E-state index in [0.717, 1.165) is 5.56 Å². The normalized spacial score (nSPS) is 15.4. The second-order valence-electron chi connectivity index (χ2n) is 6.62. The van der Waals surface area contributed by atoms with E-state index in [0.29, 0.717) is 37.6 Å². The number of hydrogen-bond acceptors (Lipinski definition) is 5. The lowest BCUT2D eigenvalue weighted by Gasteiger charge is -2.26. The first-order valence-electron chi connectivity index (χ1n) is 9.22. The molecule has 0 aromatic heterocycles. The fourth-order valence-electron chi connectivity index (χ4n) is 3.00. The topological polar surface area (TPSA) is 84.9 Å².